The van der Waals surface area contributed by atoms with E-state index in [2.05, 4.69) is 4.98 Å². The van der Waals surface area contributed by atoms with Gasteiger partial charge in [0.15, 0.2) is 0 Å². The predicted molar refractivity (Wildman–Crippen MR) is 63.5 cm³/mol. The Morgan fingerprint density at radius 1 is 1.31 bits per heavy atom. The second-order valence-electron chi connectivity index (χ2n) is 3.29. The van der Waals surface area contributed by atoms with Crippen molar-refractivity contribution in [2.45, 2.75) is 13.3 Å². The Morgan fingerprint density at radius 2 is 2.19 bits per heavy atom. The first-order valence-corrected chi connectivity index (χ1v) is 5.49. The molecule has 0 amide bonds. The van der Waals surface area contributed by atoms with Gasteiger partial charge in [-0.2, -0.15) is 0 Å². The van der Waals surface area contributed by atoms with Crippen LogP contribution in [0.3, 0.4) is 0 Å². The number of aromatic nitrogens is 2. The Bertz CT molecular complexity index is 457. The second kappa shape index (κ2) is 5.34. The van der Waals surface area contributed by atoms with E-state index in [4.69, 9.17) is 27.9 Å². The number of rotatable bonds is 4. The molecule has 1 heterocycles. The van der Waals surface area contributed by atoms with E-state index in [1.54, 1.807) is 24.7 Å². The smallest absolute Gasteiger partial charge is 0.124 e. The molecule has 0 saturated heterocycles. The summed E-state index contributed by atoms with van der Waals surface area (Å²) in [6.07, 6.45) is 5.24. The van der Waals surface area contributed by atoms with Crippen LogP contribution in [-0.4, -0.2) is 9.55 Å². The molecule has 0 bridgehead atoms. The predicted octanol–water partition coefficient (Wildman–Crippen LogP) is 3.36. The first-order chi connectivity index (χ1) is 7.75. The molecule has 0 unspecified atom stereocenters. The lowest BCUT2D eigenvalue weighted by Gasteiger charge is -2.06. The lowest BCUT2D eigenvalue weighted by molar-refractivity contribution is 0.0640. The molecule has 5 heteroatoms. The quantitative estimate of drug-likeness (QED) is 0.839. The summed E-state index contributed by atoms with van der Waals surface area (Å²) in [5, 5.41) is 1.25. The van der Waals surface area contributed by atoms with Crippen molar-refractivity contribution in [2.24, 2.45) is 0 Å². The van der Waals surface area contributed by atoms with Crippen molar-refractivity contribution in [1.82, 2.24) is 9.55 Å². The molecule has 0 saturated carbocycles. The van der Waals surface area contributed by atoms with Crippen LogP contribution < -0.4 is 0 Å². The lowest BCUT2D eigenvalue weighted by atomic mass is 10.2. The van der Waals surface area contributed by atoms with Crippen LogP contribution in [0.15, 0.2) is 36.9 Å². The minimum absolute atomic E-state index is 0.453. The first-order valence-electron chi connectivity index (χ1n) is 4.73. The topological polar surface area (TPSA) is 27.1 Å². The zero-order valence-corrected chi connectivity index (χ0v) is 9.95. The SMILES string of the molecule is Clc1ccc(COCn2ccnc2)c(Cl)c1. The monoisotopic (exact) mass is 256 g/mol. The number of ether oxygens (including phenoxy) is 1. The molecule has 0 radical (unpaired) electrons. The number of hydrogen-bond donors (Lipinski definition) is 0. The normalized spacial score (nSPS) is 10.6. The van der Waals surface area contributed by atoms with Gasteiger partial charge in [0.05, 0.1) is 12.9 Å². The summed E-state index contributed by atoms with van der Waals surface area (Å²) in [6.45, 7) is 0.910. The van der Waals surface area contributed by atoms with Crippen molar-refractivity contribution >= 4 is 23.2 Å². The van der Waals surface area contributed by atoms with Gasteiger partial charge in [-0.3, -0.25) is 0 Å². The fraction of sp³-hybridized carbons (Fsp3) is 0.182. The molecule has 0 spiro atoms. The lowest BCUT2D eigenvalue weighted by Crippen LogP contribution is -2.00. The number of nitrogens with zero attached hydrogens (tertiary/aromatic N) is 2. The number of halogens is 2. The van der Waals surface area contributed by atoms with Gasteiger partial charge < -0.3 is 9.30 Å². The van der Waals surface area contributed by atoms with Crippen LogP contribution >= 0.6 is 23.2 Å². The fourth-order valence-corrected chi connectivity index (χ4v) is 1.73. The maximum Gasteiger partial charge on any atom is 0.124 e. The molecule has 2 rings (SSSR count). The average molecular weight is 257 g/mol. The van der Waals surface area contributed by atoms with E-state index in [0.29, 0.717) is 23.4 Å². The summed E-state index contributed by atoms with van der Waals surface area (Å²) in [5.74, 6) is 0. The van der Waals surface area contributed by atoms with Gasteiger partial charge in [0, 0.05) is 22.4 Å². The number of imidazole rings is 1. The van der Waals surface area contributed by atoms with Gasteiger partial charge in [0.2, 0.25) is 0 Å². The molecule has 0 atom stereocenters. The van der Waals surface area contributed by atoms with Crippen molar-refractivity contribution < 1.29 is 4.74 Å². The highest BCUT2D eigenvalue weighted by Crippen LogP contribution is 2.21. The molecule has 1 aromatic carbocycles. The molecule has 16 heavy (non-hydrogen) atoms. The summed E-state index contributed by atoms with van der Waals surface area (Å²) in [5.41, 5.74) is 0.922. The Labute approximate surface area is 104 Å². The van der Waals surface area contributed by atoms with Crippen molar-refractivity contribution in [3.05, 3.63) is 52.5 Å². The molecule has 0 fully saturated rings. The van der Waals surface area contributed by atoms with Crippen LogP contribution in [0.5, 0.6) is 0 Å². The fourth-order valence-electron chi connectivity index (χ4n) is 1.26. The van der Waals surface area contributed by atoms with Crippen LogP contribution in [0.4, 0.5) is 0 Å². The average Bonchev–Trinajstić information content (AvgIpc) is 2.74. The largest absolute Gasteiger partial charge is 0.356 e. The molecule has 1 aromatic heterocycles. The van der Waals surface area contributed by atoms with Gasteiger partial charge in [-0.25, -0.2) is 4.98 Å². The molecule has 0 N–H and O–H groups in total. The van der Waals surface area contributed by atoms with Gasteiger partial charge in [-0.05, 0) is 17.7 Å². The van der Waals surface area contributed by atoms with Gasteiger partial charge >= 0.3 is 0 Å². The maximum absolute atomic E-state index is 6.01. The van der Waals surface area contributed by atoms with Gasteiger partial charge in [0.1, 0.15) is 6.73 Å². The van der Waals surface area contributed by atoms with E-state index >= 15 is 0 Å². The molecule has 0 aliphatic carbocycles. The minimum atomic E-state index is 0.453. The van der Waals surface area contributed by atoms with Crippen LogP contribution in [0.25, 0.3) is 0 Å². The van der Waals surface area contributed by atoms with E-state index in [0.717, 1.165) is 5.56 Å². The maximum atomic E-state index is 6.01. The van der Waals surface area contributed by atoms with Crippen LogP contribution in [0.1, 0.15) is 5.56 Å². The van der Waals surface area contributed by atoms with E-state index < -0.39 is 0 Å². The van der Waals surface area contributed by atoms with Crippen molar-refractivity contribution in [1.29, 1.82) is 0 Å². The highest BCUT2D eigenvalue weighted by molar-refractivity contribution is 6.35. The Balaban J connectivity index is 1.90. The van der Waals surface area contributed by atoms with Crippen LogP contribution in [-0.2, 0) is 18.1 Å². The molecule has 84 valence electrons. The highest BCUT2D eigenvalue weighted by Gasteiger charge is 2.01. The van der Waals surface area contributed by atoms with E-state index in [1.807, 2.05) is 16.8 Å². The Kier molecular flexibility index (Phi) is 3.83. The van der Waals surface area contributed by atoms with Crippen molar-refractivity contribution in [3.8, 4) is 0 Å². The Morgan fingerprint density at radius 3 is 2.88 bits per heavy atom. The molecule has 0 aliphatic heterocycles. The highest BCUT2D eigenvalue weighted by atomic mass is 35.5. The number of benzene rings is 1. The molecule has 2 aromatic rings. The van der Waals surface area contributed by atoms with E-state index in [9.17, 15) is 0 Å². The molecular weight excluding hydrogens is 247 g/mol. The second-order valence-corrected chi connectivity index (χ2v) is 4.13. The van der Waals surface area contributed by atoms with Gasteiger partial charge in [-0.15, -0.1) is 0 Å². The third-order valence-electron chi connectivity index (χ3n) is 2.07. The van der Waals surface area contributed by atoms with Crippen LogP contribution in [0.2, 0.25) is 10.0 Å². The molecule has 3 nitrogen and oxygen atoms in total. The minimum Gasteiger partial charge on any atom is -0.356 e. The Hall–Kier alpha value is -1.03. The van der Waals surface area contributed by atoms with Gasteiger partial charge in [0.25, 0.3) is 0 Å². The summed E-state index contributed by atoms with van der Waals surface area (Å²) in [7, 11) is 0. The van der Waals surface area contributed by atoms with E-state index in [1.165, 1.54) is 0 Å². The summed E-state index contributed by atoms with van der Waals surface area (Å²) < 4.78 is 7.32. The first kappa shape index (κ1) is 11.5. The zero-order chi connectivity index (χ0) is 11.4. The van der Waals surface area contributed by atoms with E-state index in [-0.39, 0.29) is 0 Å². The van der Waals surface area contributed by atoms with Crippen molar-refractivity contribution in [3.63, 3.8) is 0 Å². The summed E-state index contributed by atoms with van der Waals surface area (Å²) in [6, 6.07) is 5.36. The molecule has 0 aliphatic rings. The van der Waals surface area contributed by atoms with Gasteiger partial charge in [-0.1, -0.05) is 29.3 Å². The standard InChI is InChI=1S/C11H10Cl2N2O/c12-10-2-1-9(11(13)5-10)6-16-8-15-4-3-14-7-15/h1-5,7H,6,8H2. The third-order valence-corrected chi connectivity index (χ3v) is 2.66. The summed E-state index contributed by atoms with van der Waals surface area (Å²) in [4.78, 5) is 3.92. The zero-order valence-electron chi connectivity index (χ0n) is 8.44. The van der Waals surface area contributed by atoms with Crippen molar-refractivity contribution in [2.75, 3.05) is 0 Å². The van der Waals surface area contributed by atoms with Crippen LogP contribution in [0, 0.1) is 0 Å². The number of hydrogen-bond acceptors (Lipinski definition) is 2. The summed E-state index contributed by atoms with van der Waals surface area (Å²) >= 11 is 11.8. The third kappa shape index (κ3) is 2.98. The molecular formula is C11H10Cl2N2O.